The molecule has 0 spiro atoms. The van der Waals surface area contributed by atoms with E-state index in [1.54, 1.807) is 65.5 Å². The molecule has 3 saturated heterocycles. The number of amides is 3. The SMILES string of the molecule is Cc1cc(C(=O)N2CCCC[C@@H]2COc2cccc3c2C(N)=NS(=O)(=O)C3)c2c(C)nn(C)c2n1.Cc1cc(C(=O)N2CCCC[C@@H]2COc2cccc3c2C(N)=NS(=O)(=O)C3)c2cnn(C(C)C)c2n1.NC1=NS(=O)(=O)Cc2cccc(OC[C@H]3CCCN(C(=O)c4cccc(-c5ccccc5)c4)C3)c21. The van der Waals surface area contributed by atoms with Crippen LogP contribution in [-0.4, -0.2) is 163 Å². The number of ether oxygens (including phenoxy) is 3. The lowest BCUT2D eigenvalue weighted by Gasteiger charge is -2.36. The van der Waals surface area contributed by atoms with Gasteiger partial charge in [-0.25, -0.2) is 39.9 Å². The third-order valence-electron chi connectivity index (χ3n) is 19.7. The van der Waals surface area contributed by atoms with Gasteiger partial charge in [0.25, 0.3) is 47.8 Å². The summed E-state index contributed by atoms with van der Waals surface area (Å²) in [4.78, 5) is 55.8. The molecule has 106 heavy (non-hydrogen) atoms. The van der Waals surface area contributed by atoms with Gasteiger partial charge in [-0.2, -0.15) is 10.2 Å². The Labute approximate surface area is 615 Å². The Hall–Kier alpha value is -10.6. The molecular formula is C76H85N15O12S3. The van der Waals surface area contributed by atoms with E-state index in [1.165, 1.54) is 0 Å². The molecule has 6 aliphatic rings. The van der Waals surface area contributed by atoms with E-state index < -0.39 is 30.1 Å². The molecule has 3 atom stereocenters. The number of aryl methyl sites for hydroxylation is 4. The van der Waals surface area contributed by atoms with E-state index in [-0.39, 0.29) is 89.7 Å². The van der Waals surface area contributed by atoms with Gasteiger partial charge in [0.15, 0.2) is 11.3 Å². The number of likely N-dealkylation sites (tertiary alicyclic amines) is 3. The zero-order valence-corrected chi connectivity index (χ0v) is 62.3. The Bertz CT molecular complexity index is 5390. The number of pyridine rings is 2. The summed E-state index contributed by atoms with van der Waals surface area (Å²) >= 11 is 0. The van der Waals surface area contributed by atoms with Gasteiger partial charge in [0.2, 0.25) is 0 Å². The van der Waals surface area contributed by atoms with Crippen LogP contribution in [0.1, 0.15) is 153 Å². The summed E-state index contributed by atoms with van der Waals surface area (Å²) in [6.07, 6.45) is 8.98. The molecule has 6 aliphatic heterocycles. The maximum absolute atomic E-state index is 13.8. The fourth-order valence-electron chi connectivity index (χ4n) is 14.8. The standard InChI is InChI=1S/C27H27N3O4S.C25H30N6O4S.C24H28N6O4S/c28-26-25-23(18-35(32,33)29-26)12-5-13-24(25)34-17-19-7-6-14-30(16-19)27(31)22-11-4-10-21(15-22)20-8-2-1-3-9-20;1-15(2)31-24-20(12-27-31)19(11-16(3)28-24)25(32)30-10-5-4-8-18(30)13-35-21-9-6-7-17-14-36(33,34)29-23(26)22(17)21;1-14-11-18(20-15(2)27-29(3)23(20)26-14)24(31)30-10-5-4-8-17(30)12-34-19-9-6-7-16-13-35(32,33)28-22(25)21(16)19/h1-5,8-13,15,19H,6-7,14,16-18H2,(H2,28,29);6-7,9,11-12,15,18H,4-5,8,10,13-14H2,1-3H3,(H2,26,29);6-7,9,11,17H,4-5,8,10,12-13H2,1-3H3,(H2,25,28)/t19-;18-;17-/m011/s1. The summed E-state index contributed by atoms with van der Waals surface area (Å²) in [7, 11) is -9.03. The van der Waals surface area contributed by atoms with Gasteiger partial charge < -0.3 is 46.1 Å². The van der Waals surface area contributed by atoms with Crippen molar-refractivity contribution in [3.05, 3.63) is 195 Å². The number of hydrogen-bond acceptors (Lipinski definition) is 19. The van der Waals surface area contributed by atoms with Gasteiger partial charge >= 0.3 is 0 Å². The highest BCUT2D eigenvalue weighted by atomic mass is 32.2. The molecule has 6 N–H and O–H groups in total. The zero-order valence-electron chi connectivity index (χ0n) is 59.9. The average molecular weight is 1500 g/mol. The van der Waals surface area contributed by atoms with Crippen molar-refractivity contribution >= 4 is 87.4 Å². The second kappa shape index (κ2) is 30.5. The van der Waals surface area contributed by atoms with Gasteiger partial charge in [-0.05, 0) is 156 Å². The van der Waals surface area contributed by atoms with Crippen LogP contribution in [0.3, 0.4) is 0 Å². The van der Waals surface area contributed by atoms with Crippen molar-refractivity contribution in [2.45, 2.75) is 121 Å². The predicted octanol–water partition coefficient (Wildman–Crippen LogP) is 8.98. The molecule has 0 bridgehead atoms. The quantitative estimate of drug-likeness (QED) is 0.0913. The van der Waals surface area contributed by atoms with Gasteiger partial charge in [0.05, 0.1) is 86.4 Å². The molecule has 27 nitrogen and oxygen atoms in total. The molecule has 30 heteroatoms. The third-order valence-corrected chi connectivity index (χ3v) is 23.2. The van der Waals surface area contributed by atoms with Crippen molar-refractivity contribution in [3.63, 3.8) is 0 Å². The molecule has 3 fully saturated rings. The maximum Gasteiger partial charge on any atom is 0.259 e. The molecule has 0 radical (unpaired) electrons. The summed E-state index contributed by atoms with van der Waals surface area (Å²) in [5.41, 5.74) is 28.8. The number of carbonyl (C=O) groups excluding carboxylic acids is 3. The highest BCUT2D eigenvalue weighted by Gasteiger charge is 2.36. The molecule has 0 aliphatic carbocycles. The smallest absolute Gasteiger partial charge is 0.259 e. The van der Waals surface area contributed by atoms with Crippen molar-refractivity contribution in [1.29, 1.82) is 0 Å². The van der Waals surface area contributed by atoms with E-state index in [9.17, 15) is 39.6 Å². The first-order chi connectivity index (χ1) is 50.7. The van der Waals surface area contributed by atoms with E-state index in [2.05, 4.69) is 33.4 Å². The van der Waals surface area contributed by atoms with Crippen LogP contribution >= 0.6 is 0 Å². The minimum Gasteiger partial charge on any atom is -0.492 e. The average Bonchev–Trinajstić information content (AvgIpc) is 1.54. The van der Waals surface area contributed by atoms with E-state index in [1.807, 2.05) is 128 Å². The van der Waals surface area contributed by atoms with Crippen LogP contribution in [0.2, 0.25) is 0 Å². The second-order valence-corrected chi connectivity index (χ2v) is 32.8. The van der Waals surface area contributed by atoms with Crippen LogP contribution in [-0.2, 0) is 54.4 Å². The third kappa shape index (κ3) is 16.0. The first-order valence-electron chi connectivity index (χ1n) is 35.4. The number of benzene rings is 5. The minimum absolute atomic E-state index is 0.0196. The normalized spacial score (nSPS) is 19.2. The van der Waals surface area contributed by atoms with Crippen molar-refractivity contribution in [2.24, 2.45) is 43.4 Å². The van der Waals surface area contributed by atoms with Crippen LogP contribution in [0.5, 0.6) is 17.2 Å². The van der Waals surface area contributed by atoms with E-state index in [0.29, 0.717) is 111 Å². The fraction of sp³-hybridized carbons (Fsp3) is 0.368. The minimum atomic E-state index is -3.63. The van der Waals surface area contributed by atoms with Crippen LogP contribution in [0.15, 0.2) is 141 Å². The summed E-state index contributed by atoms with van der Waals surface area (Å²) in [5.74, 6) is 0.733. The number of amidine groups is 3. The lowest BCUT2D eigenvalue weighted by Crippen LogP contribution is -2.47. The number of fused-ring (bicyclic) bond motifs is 5. The molecule has 15 rings (SSSR count). The van der Waals surface area contributed by atoms with Crippen LogP contribution in [0.4, 0.5) is 0 Å². The van der Waals surface area contributed by atoms with Gasteiger partial charge in [0, 0.05) is 62.1 Å². The van der Waals surface area contributed by atoms with E-state index >= 15 is 0 Å². The fourth-order valence-corrected chi connectivity index (χ4v) is 18.1. The predicted molar refractivity (Wildman–Crippen MR) is 404 cm³/mol. The molecule has 10 heterocycles. The Morgan fingerprint density at radius 2 is 1.01 bits per heavy atom. The zero-order chi connectivity index (χ0) is 74.9. The van der Waals surface area contributed by atoms with Crippen molar-refractivity contribution in [1.82, 2.24) is 44.2 Å². The first-order valence-corrected chi connectivity index (χ1v) is 40.2. The molecule has 0 saturated carbocycles. The Morgan fingerprint density at radius 1 is 0.528 bits per heavy atom. The second-order valence-electron chi connectivity index (χ2n) is 27.9. The van der Waals surface area contributed by atoms with Crippen LogP contribution in [0, 0.1) is 26.7 Å². The largest absolute Gasteiger partial charge is 0.492 e. The number of nitrogens with two attached hydrogens (primary N) is 3. The number of aromatic nitrogens is 6. The van der Waals surface area contributed by atoms with Gasteiger partial charge in [-0.1, -0.05) is 78.9 Å². The first kappa shape index (κ1) is 73.7. The maximum atomic E-state index is 13.8. The topological polar surface area (TPSA) is 368 Å². The molecule has 4 aromatic heterocycles. The molecular weight excluding hydrogens is 1410 g/mol. The number of nitrogens with zero attached hydrogens (tertiary/aromatic N) is 12. The van der Waals surface area contributed by atoms with Crippen molar-refractivity contribution in [2.75, 3.05) is 46.0 Å². The number of rotatable bonds is 14. The molecule has 9 aromatic rings. The highest BCUT2D eigenvalue weighted by molar-refractivity contribution is 7.90. The molecule has 0 unspecified atom stereocenters. The number of piperidine rings is 3. The molecule has 5 aromatic carbocycles. The summed E-state index contributed by atoms with van der Waals surface area (Å²) in [6.45, 7) is 13.2. The monoisotopic (exact) mass is 1500 g/mol. The number of sulfonamides is 3. The van der Waals surface area contributed by atoms with E-state index in [4.69, 9.17) is 31.4 Å². The van der Waals surface area contributed by atoms with Gasteiger partial charge in [0.1, 0.15) is 48.0 Å². The number of hydrogen-bond donors (Lipinski definition) is 3. The van der Waals surface area contributed by atoms with E-state index in [0.717, 1.165) is 90.3 Å². The molecule has 3 amide bonds. The summed E-state index contributed by atoms with van der Waals surface area (Å²) < 4.78 is 105. The summed E-state index contributed by atoms with van der Waals surface area (Å²) in [5, 5.41) is 10.5. The lowest BCUT2D eigenvalue weighted by atomic mass is 9.97. The number of carbonyl (C=O) groups is 3. The summed E-state index contributed by atoms with van der Waals surface area (Å²) in [6, 6.07) is 37.0. The highest BCUT2D eigenvalue weighted by Crippen LogP contribution is 2.35. The Morgan fingerprint density at radius 3 is 1.54 bits per heavy atom. The lowest BCUT2D eigenvalue weighted by molar-refractivity contribution is 0.0524. The van der Waals surface area contributed by atoms with Gasteiger partial charge in [-0.3, -0.25) is 19.1 Å². The molecule has 554 valence electrons. The van der Waals surface area contributed by atoms with Crippen LogP contribution < -0.4 is 31.4 Å². The van der Waals surface area contributed by atoms with Crippen LogP contribution in [0.25, 0.3) is 33.2 Å². The Balaban J connectivity index is 0.000000141. The van der Waals surface area contributed by atoms with Gasteiger partial charge in [-0.15, -0.1) is 13.2 Å². The Kier molecular flexibility index (Phi) is 21.2. The van der Waals surface area contributed by atoms with Crippen molar-refractivity contribution in [3.8, 4) is 28.4 Å². The van der Waals surface area contributed by atoms with Crippen molar-refractivity contribution < 1.29 is 53.8 Å².